The number of hydrogen-bond donors (Lipinski definition) is 1. The Bertz CT molecular complexity index is 682. The molecule has 0 unspecified atom stereocenters. The summed E-state index contributed by atoms with van der Waals surface area (Å²) in [6, 6.07) is 11.1. The number of nitrogens with two attached hydrogens (primary N) is 1. The SMILES string of the molecule is Cc1ccc(N(C)Cc2ccc(C(N)=S)cc2F)c(C)c1. The zero-order valence-corrected chi connectivity index (χ0v) is 13.3. The highest BCUT2D eigenvalue weighted by molar-refractivity contribution is 7.80. The van der Waals surface area contributed by atoms with E-state index < -0.39 is 0 Å². The maximum absolute atomic E-state index is 14.1. The van der Waals surface area contributed by atoms with E-state index in [2.05, 4.69) is 32.0 Å². The van der Waals surface area contributed by atoms with E-state index in [1.54, 1.807) is 12.1 Å². The van der Waals surface area contributed by atoms with E-state index in [9.17, 15) is 4.39 Å². The fourth-order valence-corrected chi connectivity index (χ4v) is 2.53. The molecule has 0 radical (unpaired) electrons. The van der Waals surface area contributed by atoms with E-state index in [1.165, 1.54) is 17.2 Å². The summed E-state index contributed by atoms with van der Waals surface area (Å²) in [7, 11) is 1.96. The highest BCUT2D eigenvalue weighted by Gasteiger charge is 2.10. The van der Waals surface area contributed by atoms with Gasteiger partial charge in [-0.2, -0.15) is 0 Å². The molecule has 0 aliphatic carbocycles. The monoisotopic (exact) mass is 302 g/mol. The van der Waals surface area contributed by atoms with Crippen LogP contribution in [0.1, 0.15) is 22.3 Å². The Morgan fingerprint density at radius 2 is 1.90 bits per heavy atom. The number of hydrogen-bond acceptors (Lipinski definition) is 2. The summed E-state index contributed by atoms with van der Waals surface area (Å²) in [6.45, 7) is 4.61. The zero-order valence-electron chi connectivity index (χ0n) is 12.5. The fourth-order valence-electron chi connectivity index (χ4n) is 2.40. The lowest BCUT2D eigenvalue weighted by atomic mass is 10.1. The van der Waals surface area contributed by atoms with Crippen molar-refractivity contribution in [3.8, 4) is 0 Å². The molecule has 4 heteroatoms. The van der Waals surface area contributed by atoms with E-state index in [1.807, 2.05) is 11.9 Å². The molecule has 0 aliphatic rings. The van der Waals surface area contributed by atoms with Crippen molar-refractivity contribution >= 4 is 22.9 Å². The smallest absolute Gasteiger partial charge is 0.128 e. The first-order valence-corrected chi connectivity index (χ1v) is 7.16. The third kappa shape index (κ3) is 3.58. The number of aryl methyl sites for hydroxylation is 2. The molecule has 0 saturated heterocycles. The number of halogens is 1. The van der Waals surface area contributed by atoms with Gasteiger partial charge in [-0.25, -0.2) is 4.39 Å². The minimum absolute atomic E-state index is 0.211. The Morgan fingerprint density at radius 1 is 1.19 bits per heavy atom. The molecular weight excluding hydrogens is 283 g/mol. The van der Waals surface area contributed by atoms with Crippen molar-refractivity contribution < 1.29 is 4.39 Å². The van der Waals surface area contributed by atoms with Crippen molar-refractivity contribution in [2.75, 3.05) is 11.9 Å². The molecule has 0 fully saturated rings. The van der Waals surface area contributed by atoms with Crippen molar-refractivity contribution in [3.63, 3.8) is 0 Å². The van der Waals surface area contributed by atoms with Crippen molar-refractivity contribution in [2.45, 2.75) is 20.4 Å². The molecule has 2 nitrogen and oxygen atoms in total. The molecule has 0 saturated carbocycles. The Labute approximate surface area is 130 Å². The Kier molecular flexibility index (Phi) is 4.58. The molecule has 0 atom stereocenters. The van der Waals surface area contributed by atoms with Crippen molar-refractivity contribution in [3.05, 3.63) is 64.5 Å². The maximum atomic E-state index is 14.1. The quantitative estimate of drug-likeness (QED) is 0.873. The van der Waals surface area contributed by atoms with Crippen LogP contribution in [0.4, 0.5) is 10.1 Å². The van der Waals surface area contributed by atoms with Gasteiger partial charge in [0.25, 0.3) is 0 Å². The van der Waals surface area contributed by atoms with Gasteiger partial charge < -0.3 is 10.6 Å². The molecule has 2 aromatic carbocycles. The van der Waals surface area contributed by atoms with Gasteiger partial charge in [0.2, 0.25) is 0 Å². The topological polar surface area (TPSA) is 29.3 Å². The van der Waals surface area contributed by atoms with Gasteiger partial charge in [-0.1, -0.05) is 42.0 Å². The predicted octanol–water partition coefficient (Wildman–Crippen LogP) is 3.71. The number of nitrogens with zero attached hydrogens (tertiary/aromatic N) is 1. The van der Waals surface area contributed by atoms with E-state index >= 15 is 0 Å². The molecule has 0 aromatic heterocycles. The van der Waals surface area contributed by atoms with Crippen LogP contribution >= 0.6 is 12.2 Å². The fraction of sp³-hybridized carbons (Fsp3) is 0.235. The van der Waals surface area contributed by atoms with Crippen LogP contribution in [0, 0.1) is 19.7 Å². The van der Waals surface area contributed by atoms with Gasteiger partial charge >= 0.3 is 0 Å². The van der Waals surface area contributed by atoms with Crippen molar-refractivity contribution in [2.24, 2.45) is 5.73 Å². The first kappa shape index (κ1) is 15.4. The zero-order chi connectivity index (χ0) is 15.6. The lowest BCUT2D eigenvalue weighted by Crippen LogP contribution is -2.19. The second-order valence-electron chi connectivity index (χ2n) is 5.32. The summed E-state index contributed by atoms with van der Waals surface area (Å²) < 4.78 is 14.1. The van der Waals surface area contributed by atoms with Gasteiger partial charge in [-0.15, -0.1) is 0 Å². The highest BCUT2D eigenvalue weighted by atomic mass is 32.1. The first-order valence-electron chi connectivity index (χ1n) is 6.75. The number of thiocarbonyl (C=S) groups is 1. The lowest BCUT2D eigenvalue weighted by Gasteiger charge is -2.22. The molecule has 21 heavy (non-hydrogen) atoms. The average molecular weight is 302 g/mol. The van der Waals surface area contributed by atoms with Crippen LogP contribution in [0.15, 0.2) is 36.4 Å². The Balaban J connectivity index is 2.23. The summed E-state index contributed by atoms with van der Waals surface area (Å²) in [6.07, 6.45) is 0. The largest absolute Gasteiger partial charge is 0.389 e. The van der Waals surface area contributed by atoms with Crippen LogP contribution in [0.5, 0.6) is 0 Å². The van der Waals surface area contributed by atoms with Gasteiger partial charge in [0.15, 0.2) is 0 Å². The molecule has 2 N–H and O–H groups in total. The third-order valence-corrected chi connectivity index (χ3v) is 3.74. The highest BCUT2D eigenvalue weighted by Crippen LogP contribution is 2.22. The van der Waals surface area contributed by atoms with Gasteiger partial charge in [-0.3, -0.25) is 0 Å². The second-order valence-corrected chi connectivity index (χ2v) is 5.76. The van der Waals surface area contributed by atoms with E-state index in [0.29, 0.717) is 17.7 Å². The average Bonchev–Trinajstić information content (AvgIpc) is 2.40. The molecular formula is C17H19FN2S. The van der Waals surface area contributed by atoms with Gasteiger partial charge in [0.05, 0.1) is 0 Å². The summed E-state index contributed by atoms with van der Waals surface area (Å²) >= 11 is 4.86. The number of anilines is 1. The van der Waals surface area contributed by atoms with Crippen molar-refractivity contribution in [1.82, 2.24) is 0 Å². The van der Waals surface area contributed by atoms with Crippen LogP contribution in [0.25, 0.3) is 0 Å². The lowest BCUT2D eigenvalue weighted by molar-refractivity contribution is 0.607. The van der Waals surface area contributed by atoms with E-state index in [4.69, 9.17) is 18.0 Å². The maximum Gasteiger partial charge on any atom is 0.128 e. The second kappa shape index (κ2) is 6.22. The molecule has 0 heterocycles. The van der Waals surface area contributed by atoms with Crippen LogP contribution in [0.3, 0.4) is 0 Å². The first-order chi connectivity index (χ1) is 9.88. The van der Waals surface area contributed by atoms with Crippen molar-refractivity contribution in [1.29, 1.82) is 0 Å². The van der Waals surface area contributed by atoms with E-state index in [0.717, 1.165) is 5.69 Å². The minimum atomic E-state index is -0.281. The molecule has 0 bridgehead atoms. The number of rotatable bonds is 4. The third-order valence-electron chi connectivity index (χ3n) is 3.51. The van der Waals surface area contributed by atoms with Crippen LogP contribution in [0.2, 0.25) is 0 Å². The minimum Gasteiger partial charge on any atom is -0.389 e. The van der Waals surface area contributed by atoms with Crippen LogP contribution in [-0.2, 0) is 6.54 Å². The standard InChI is InChI=1S/C17H19FN2S/c1-11-4-7-16(12(2)8-11)20(3)10-14-6-5-13(17(19)21)9-15(14)18/h4-9H,10H2,1-3H3,(H2,19,21). The summed E-state index contributed by atoms with van der Waals surface area (Å²) in [5.74, 6) is -0.281. The van der Waals surface area contributed by atoms with Gasteiger partial charge in [0.1, 0.15) is 10.8 Å². The van der Waals surface area contributed by atoms with Gasteiger partial charge in [-0.05, 0) is 31.5 Å². The molecule has 2 aromatic rings. The summed E-state index contributed by atoms with van der Waals surface area (Å²) in [5.41, 5.74) is 10.2. The summed E-state index contributed by atoms with van der Waals surface area (Å²) in [5, 5.41) is 0. The normalized spacial score (nSPS) is 10.5. The van der Waals surface area contributed by atoms with Crippen LogP contribution < -0.4 is 10.6 Å². The number of benzene rings is 2. The Morgan fingerprint density at radius 3 is 2.48 bits per heavy atom. The predicted molar refractivity (Wildman–Crippen MR) is 90.3 cm³/mol. The van der Waals surface area contributed by atoms with E-state index in [-0.39, 0.29) is 10.8 Å². The molecule has 2 rings (SSSR count). The molecule has 0 aliphatic heterocycles. The van der Waals surface area contributed by atoms with Gasteiger partial charge in [0, 0.05) is 30.4 Å². The molecule has 0 spiro atoms. The molecule has 0 amide bonds. The Hall–Kier alpha value is -1.94. The molecule has 110 valence electrons. The summed E-state index contributed by atoms with van der Waals surface area (Å²) in [4.78, 5) is 2.25. The van der Waals surface area contributed by atoms with Crippen LogP contribution in [-0.4, -0.2) is 12.0 Å².